The molecule has 3 atom stereocenters. The quantitative estimate of drug-likeness (QED) is 0.684. The molecule has 2 saturated carbocycles. The highest BCUT2D eigenvalue weighted by Gasteiger charge is 2.64. The second-order valence-corrected chi connectivity index (χ2v) is 6.30. The van der Waals surface area contributed by atoms with Gasteiger partial charge < -0.3 is 0 Å². The molecule has 0 spiro atoms. The van der Waals surface area contributed by atoms with Crippen LogP contribution in [0.15, 0.2) is 29.4 Å². The summed E-state index contributed by atoms with van der Waals surface area (Å²) in [6.45, 7) is 2.23. The Labute approximate surface area is 124 Å². The Morgan fingerprint density at radius 1 is 1.43 bits per heavy atom. The van der Waals surface area contributed by atoms with Crippen molar-refractivity contribution in [3.05, 3.63) is 35.4 Å². The van der Waals surface area contributed by atoms with Gasteiger partial charge in [0.05, 0.1) is 17.8 Å². The van der Waals surface area contributed by atoms with Gasteiger partial charge in [-0.3, -0.25) is 4.79 Å². The number of nitriles is 1. The Kier molecular flexibility index (Phi) is 3.50. The lowest BCUT2D eigenvalue weighted by atomic mass is 9.90. The monoisotopic (exact) mass is 281 g/mol. The third-order valence-corrected chi connectivity index (χ3v) is 5.04. The molecule has 0 heterocycles. The SMILES string of the molecule is C[C@]12CCCC[C@H]1[C@@H]2C(=O)NN=Cc1ccc(C#N)cc1. The second-order valence-electron chi connectivity index (χ2n) is 6.30. The fraction of sp³-hybridized carbons (Fsp3) is 0.471. The fourth-order valence-electron chi connectivity index (χ4n) is 3.73. The molecule has 0 aromatic heterocycles. The van der Waals surface area contributed by atoms with Crippen LogP contribution in [0.4, 0.5) is 0 Å². The maximum atomic E-state index is 12.2. The highest BCUT2D eigenvalue weighted by molar-refractivity contribution is 5.85. The lowest BCUT2D eigenvalue weighted by Crippen LogP contribution is -2.22. The first-order valence-corrected chi connectivity index (χ1v) is 7.48. The van der Waals surface area contributed by atoms with Crippen molar-refractivity contribution in [3.63, 3.8) is 0 Å². The molecule has 108 valence electrons. The zero-order valence-electron chi connectivity index (χ0n) is 12.2. The number of fused-ring (bicyclic) bond motifs is 1. The molecule has 2 aliphatic rings. The van der Waals surface area contributed by atoms with Crippen LogP contribution in [0.2, 0.25) is 0 Å². The molecule has 1 aromatic carbocycles. The number of hydrogen-bond acceptors (Lipinski definition) is 3. The minimum Gasteiger partial charge on any atom is -0.273 e. The summed E-state index contributed by atoms with van der Waals surface area (Å²) in [6.07, 6.45) is 6.44. The smallest absolute Gasteiger partial charge is 0.244 e. The molecule has 2 fully saturated rings. The van der Waals surface area contributed by atoms with Crippen molar-refractivity contribution < 1.29 is 4.79 Å². The number of hydrazone groups is 1. The van der Waals surface area contributed by atoms with Gasteiger partial charge in [-0.05, 0) is 41.9 Å². The molecule has 1 aromatic rings. The number of benzene rings is 1. The first kappa shape index (κ1) is 13.8. The lowest BCUT2D eigenvalue weighted by molar-refractivity contribution is -0.123. The molecule has 0 radical (unpaired) electrons. The number of nitrogens with one attached hydrogen (secondary N) is 1. The van der Waals surface area contributed by atoms with Crippen LogP contribution in [0.5, 0.6) is 0 Å². The molecule has 1 amide bonds. The van der Waals surface area contributed by atoms with Crippen LogP contribution in [-0.2, 0) is 4.79 Å². The van der Waals surface area contributed by atoms with E-state index < -0.39 is 0 Å². The zero-order valence-corrected chi connectivity index (χ0v) is 12.2. The van der Waals surface area contributed by atoms with Gasteiger partial charge in [0, 0.05) is 5.92 Å². The van der Waals surface area contributed by atoms with E-state index in [1.54, 1.807) is 18.3 Å². The summed E-state index contributed by atoms with van der Waals surface area (Å²) in [5.41, 5.74) is 4.37. The van der Waals surface area contributed by atoms with Crippen molar-refractivity contribution in [1.82, 2.24) is 5.43 Å². The van der Waals surface area contributed by atoms with Crippen molar-refractivity contribution in [2.24, 2.45) is 22.4 Å². The summed E-state index contributed by atoms with van der Waals surface area (Å²) in [4.78, 5) is 12.2. The number of nitrogens with zero attached hydrogens (tertiary/aromatic N) is 2. The van der Waals surface area contributed by atoms with Crippen molar-refractivity contribution >= 4 is 12.1 Å². The largest absolute Gasteiger partial charge is 0.273 e. The Morgan fingerprint density at radius 3 is 2.81 bits per heavy atom. The second kappa shape index (κ2) is 5.33. The number of amides is 1. The number of carbonyl (C=O) groups is 1. The predicted octanol–water partition coefficient (Wildman–Crippen LogP) is 2.83. The van der Waals surface area contributed by atoms with E-state index in [0.29, 0.717) is 11.5 Å². The van der Waals surface area contributed by atoms with Gasteiger partial charge >= 0.3 is 0 Å². The molecule has 3 rings (SSSR count). The van der Waals surface area contributed by atoms with Crippen molar-refractivity contribution in [2.75, 3.05) is 0 Å². The molecule has 4 nitrogen and oxygen atoms in total. The average molecular weight is 281 g/mol. The Bertz CT molecular complexity index is 614. The summed E-state index contributed by atoms with van der Waals surface area (Å²) in [5.74, 6) is 0.740. The van der Waals surface area contributed by atoms with Crippen LogP contribution >= 0.6 is 0 Å². The first-order chi connectivity index (χ1) is 10.1. The van der Waals surface area contributed by atoms with Gasteiger partial charge in [0.25, 0.3) is 0 Å². The van der Waals surface area contributed by atoms with E-state index in [4.69, 9.17) is 5.26 Å². The van der Waals surface area contributed by atoms with Gasteiger partial charge in [-0.25, -0.2) is 5.43 Å². The minimum absolute atomic E-state index is 0.0503. The molecule has 1 N–H and O–H groups in total. The van der Waals surface area contributed by atoms with Crippen LogP contribution in [0.3, 0.4) is 0 Å². The number of hydrogen-bond donors (Lipinski definition) is 1. The van der Waals surface area contributed by atoms with E-state index in [9.17, 15) is 4.79 Å². The topological polar surface area (TPSA) is 65.2 Å². The van der Waals surface area contributed by atoms with Crippen molar-refractivity contribution in [1.29, 1.82) is 5.26 Å². The van der Waals surface area contributed by atoms with Gasteiger partial charge in [-0.15, -0.1) is 0 Å². The van der Waals surface area contributed by atoms with E-state index in [1.807, 2.05) is 12.1 Å². The van der Waals surface area contributed by atoms with Crippen LogP contribution in [0.25, 0.3) is 0 Å². The molecule has 0 saturated heterocycles. The zero-order chi connectivity index (χ0) is 14.9. The summed E-state index contributed by atoms with van der Waals surface area (Å²) in [7, 11) is 0. The van der Waals surface area contributed by atoms with E-state index >= 15 is 0 Å². The third-order valence-electron chi connectivity index (χ3n) is 5.04. The van der Waals surface area contributed by atoms with Gasteiger partial charge in [0.2, 0.25) is 5.91 Å². The summed E-state index contributed by atoms with van der Waals surface area (Å²) < 4.78 is 0. The number of carbonyl (C=O) groups excluding carboxylic acids is 1. The summed E-state index contributed by atoms with van der Waals surface area (Å²) in [5, 5.41) is 12.8. The van der Waals surface area contributed by atoms with Gasteiger partial charge in [0.1, 0.15) is 0 Å². The Morgan fingerprint density at radius 2 is 2.19 bits per heavy atom. The van der Waals surface area contributed by atoms with E-state index in [1.165, 1.54) is 19.3 Å². The molecule has 4 heteroatoms. The molecular formula is C17H19N3O. The summed E-state index contributed by atoms with van der Waals surface area (Å²) in [6, 6.07) is 9.17. The Balaban J connectivity index is 1.56. The first-order valence-electron chi connectivity index (χ1n) is 7.48. The molecular weight excluding hydrogens is 262 g/mol. The molecule has 0 bridgehead atoms. The van der Waals surface area contributed by atoms with E-state index in [-0.39, 0.29) is 17.2 Å². The number of rotatable bonds is 3. The third kappa shape index (κ3) is 2.56. The lowest BCUT2D eigenvalue weighted by Gasteiger charge is -2.15. The van der Waals surface area contributed by atoms with E-state index in [2.05, 4.69) is 23.5 Å². The van der Waals surface area contributed by atoms with Gasteiger partial charge in [0.15, 0.2) is 0 Å². The fourth-order valence-corrected chi connectivity index (χ4v) is 3.73. The van der Waals surface area contributed by atoms with Crippen LogP contribution in [-0.4, -0.2) is 12.1 Å². The molecule has 0 aliphatic heterocycles. The highest BCUT2D eigenvalue weighted by Crippen LogP contribution is 2.66. The van der Waals surface area contributed by atoms with Gasteiger partial charge in [-0.2, -0.15) is 10.4 Å². The average Bonchev–Trinajstić information content (AvgIpc) is 3.13. The maximum Gasteiger partial charge on any atom is 0.244 e. The standard InChI is InChI=1S/C17H19N3O/c1-17-9-3-2-4-14(17)15(17)16(21)20-19-11-13-7-5-12(10-18)6-8-13/h5-8,11,14-15H,2-4,9H2,1H3,(H,20,21)/t14-,15+,17-/m0/s1. The minimum atomic E-state index is 0.0503. The maximum absolute atomic E-state index is 12.2. The van der Waals surface area contributed by atoms with Crippen LogP contribution in [0.1, 0.15) is 43.7 Å². The molecule has 0 unspecified atom stereocenters. The molecule has 21 heavy (non-hydrogen) atoms. The van der Waals surface area contributed by atoms with Crippen molar-refractivity contribution in [2.45, 2.75) is 32.6 Å². The Hall–Kier alpha value is -2.15. The molecule has 2 aliphatic carbocycles. The normalized spacial score (nSPS) is 30.5. The van der Waals surface area contributed by atoms with Crippen LogP contribution in [0, 0.1) is 28.6 Å². The van der Waals surface area contributed by atoms with Gasteiger partial charge in [-0.1, -0.05) is 31.9 Å². The van der Waals surface area contributed by atoms with Crippen molar-refractivity contribution in [3.8, 4) is 6.07 Å². The summed E-state index contributed by atoms with van der Waals surface area (Å²) >= 11 is 0. The van der Waals surface area contributed by atoms with E-state index in [0.717, 1.165) is 12.0 Å². The van der Waals surface area contributed by atoms with Crippen LogP contribution < -0.4 is 5.43 Å². The predicted molar refractivity (Wildman–Crippen MR) is 80.4 cm³/mol. The highest BCUT2D eigenvalue weighted by atomic mass is 16.2.